The summed E-state index contributed by atoms with van der Waals surface area (Å²) in [7, 11) is 2.95. The van der Waals surface area contributed by atoms with Crippen LogP contribution in [-0.2, 0) is 0 Å². The van der Waals surface area contributed by atoms with Crippen molar-refractivity contribution in [3.05, 3.63) is 23.3 Å². The fourth-order valence-corrected chi connectivity index (χ4v) is 1.14. The summed E-state index contributed by atoms with van der Waals surface area (Å²) >= 11 is 0. The zero-order valence-electron chi connectivity index (χ0n) is 8.03. The third kappa shape index (κ3) is 1.69. The van der Waals surface area contributed by atoms with E-state index < -0.39 is 0 Å². The highest BCUT2D eigenvalue weighted by Gasteiger charge is 2.10. The maximum atomic E-state index is 10.8. The Bertz CT molecular complexity index is 363. The molecule has 0 N–H and O–H groups in total. The Morgan fingerprint density at radius 1 is 1.29 bits per heavy atom. The molecule has 0 aromatic heterocycles. The van der Waals surface area contributed by atoms with Gasteiger partial charge in [0.1, 0.15) is 11.5 Å². The predicted octanol–water partition coefficient (Wildman–Crippen LogP) is 1.50. The van der Waals surface area contributed by atoms with Gasteiger partial charge >= 0.3 is 0 Å². The first-order chi connectivity index (χ1) is 6.76. The van der Waals surface area contributed by atoms with Crippen LogP contribution in [0, 0.1) is 12.3 Å². The van der Waals surface area contributed by atoms with Crippen molar-refractivity contribution < 1.29 is 14.3 Å². The lowest BCUT2D eigenvalue weighted by Crippen LogP contribution is -1.96. The Morgan fingerprint density at radius 2 is 1.79 bits per heavy atom. The molecule has 0 aliphatic heterocycles. The van der Waals surface area contributed by atoms with Crippen molar-refractivity contribution >= 4 is 6.29 Å². The van der Waals surface area contributed by atoms with Gasteiger partial charge in [-0.25, -0.2) is 0 Å². The number of hydrogen-bond acceptors (Lipinski definition) is 3. The van der Waals surface area contributed by atoms with Crippen LogP contribution in [0.4, 0.5) is 0 Å². The second kappa shape index (κ2) is 4.33. The topological polar surface area (TPSA) is 35.5 Å². The van der Waals surface area contributed by atoms with E-state index in [0.29, 0.717) is 28.9 Å². The van der Waals surface area contributed by atoms with E-state index in [1.165, 1.54) is 14.2 Å². The van der Waals surface area contributed by atoms with Crippen LogP contribution in [0.5, 0.6) is 11.5 Å². The van der Waals surface area contributed by atoms with E-state index >= 15 is 0 Å². The van der Waals surface area contributed by atoms with Gasteiger partial charge in [0, 0.05) is 5.56 Å². The summed E-state index contributed by atoms with van der Waals surface area (Å²) in [4.78, 5) is 10.8. The molecule has 0 atom stereocenters. The molecule has 0 bridgehead atoms. The predicted molar refractivity (Wildman–Crippen MR) is 52.9 cm³/mol. The summed E-state index contributed by atoms with van der Waals surface area (Å²) in [5.74, 6) is 3.30. The summed E-state index contributed by atoms with van der Waals surface area (Å²) in [5.41, 5.74) is 0.985. The minimum atomic E-state index is 0.369. The summed E-state index contributed by atoms with van der Waals surface area (Å²) in [6.45, 7) is 0. The summed E-state index contributed by atoms with van der Waals surface area (Å²) in [6.07, 6.45) is 5.92. The maximum Gasteiger partial charge on any atom is 0.157 e. The molecule has 0 fully saturated rings. The average Bonchev–Trinajstić information content (AvgIpc) is 2.26. The third-order valence-corrected chi connectivity index (χ3v) is 1.83. The summed E-state index contributed by atoms with van der Waals surface area (Å²) in [5, 5.41) is 0. The molecule has 0 saturated heterocycles. The van der Waals surface area contributed by atoms with Crippen LogP contribution in [0.25, 0.3) is 0 Å². The van der Waals surface area contributed by atoms with Gasteiger partial charge in [0.25, 0.3) is 0 Å². The molecule has 0 radical (unpaired) electrons. The van der Waals surface area contributed by atoms with E-state index in [1.54, 1.807) is 12.1 Å². The number of terminal acetylenes is 1. The first kappa shape index (κ1) is 10.1. The lowest BCUT2D eigenvalue weighted by atomic mass is 10.1. The van der Waals surface area contributed by atoms with Gasteiger partial charge in [-0.05, 0) is 12.1 Å². The Labute approximate surface area is 82.6 Å². The SMILES string of the molecule is C#Cc1cc(OC)c(C=O)c(OC)c1. The van der Waals surface area contributed by atoms with E-state index in [2.05, 4.69) is 5.92 Å². The number of ether oxygens (including phenoxy) is 2. The van der Waals surface area contributed by atoms with Gasteiger partial charge in [0.05, 0.1) is 19.8 Å². The summed E-state index contributed by atoms with van der Waals surface area (Å²) < 4.78 is 10.0. The van der Waals surface area contributed by atoms with Crippen molar-refractivity contribution in [3.63, 3.8) is 0 Å². The molecular weight excluding hydrogens is 180 g/mol. The maximum absolute atomic E-state index is 10.8. The van der Waals surface area contributed by atoms with Gasteiger partial charge in [0.15, 0.2) is 6.29 Å². The number of methoxy groups -OCH3 is 2. The standard InChI is InChI=1S/C11H10O3/c1-4-8-5-10(13-2)9(7-12)11(6-8)14-3/h1,5-7H,2-3H3. The lowest BCUT2D eigenvalue weighted by Gasteiger charge is -2.09. The molecule has 0 unspecified atom stereocenters. The zero-order valence-corrected chi connectivity index (χ0v) is 8.03. The van der Waals surface area contributed by atoms with Crippen molar-refractivity contribution in [2.24, 2.45) is 0 Å². The third-order valence-electron chi connectivity index (χ3n) is 1.83. The van der Waals surface area contributed by atoms with Gasteiger partial charge in [-0.15, -0.1) is 6.42 Å². The van der Waals surface area contributed by atoms with Crippen LogP contribution in [0.3, 0.4) is 0 Å². The van der Waals surface area contributed by atoms with Gasteiger partial charge in [-0.3, -0.25) is 4.79 Å². The number of benzene rings is 1. The average molecular weight is 190 g/mol. The highest BCUT2D eigenvalue weighted by atomic mass is 16.5. The number of hydrogen-bond donors (Lipinski definition) is 0. The van der Waals surface area contributed by atoms with Crippen LogP contribution in [0.2, 0.25) is 0 Å². The van der Waals surface area contributed by atoms with Crippen molar-refractivity contribution in [1.82, 2.24) is 0 Å². The Balaban J connectivity index is 3.41. The van der Waals surface area contributed by atoms with Crippen molar-refractivity contribution in [3.8, 4) is 23.8 Å². The molecule has 0 saturated carbocycles. The molecule has 0 aliphatic carbocycles. The molecular formula is C11H10O3. The molecule has 1 aromatic carbocycles. The van der Waals surface area contributed by atoms with E-state index in [4.69, 9.17) is 15.9 Å². The zero-order chi connectivity index (χ0) is 10.6. The second-order valence-electron chi connectivity index (χ2n) is 2.56. The molecule has 1 rings (SSSR count). The molecule has 3 nitrogen and oxygen atoms in total. The quantitative estimate of drug-likeness (QED) is 0.535. The fraction of sp³-hybridized carbons (Fsp3) is 0.182. The highest BCUT2D eigenvalue weighted by Crippen LogP contribution is 2.28. The number of carbonyl (C=O) groups excluding carboxylic acids is 1. The second-order valence-corrected chi connectivity index (χ2v) is 2.56. The van der Waals surface area contributed by atoms with Crippen molar-refractivity contribution in [2.75, 3.05) is 14.2 Å². The van der Waals surface area contributed by atoms with Crippen LogP contribution >= 0.6 is 0 Å². The Morgan fingerprint density at radius 3 is 2.07 bits per heavy atom. The number of aldehydes is 1. The minimum Gasteiger partial charge on any atom is -0.496 e. The number of carbonyl (C=O) groups is 1. The van der Waals surface area contributed by atoms with E-state index in [9.17, 15) is 4.79 Å². The fourth-order valence-electron chi connectivity index (χ4n) is 1.14. The van der Waals surface area contributed by atoms with Gasteiger partial charge < -0.3 is 9.47 Å². The van der Waals surface area contributed by atoms with Crippen LogP contribution < -0.4 is 9.47 Å². The largest absolute Gasteiger partial charge is 0.496 e. The van der Waals surface area contributed by atoms with Crippen molar-refractivity contribution in [2.45, 2.75) is 0 Å². The van der Waals surface area contributed by atoms with Crippen LogP contribution in [-0.4, -0.2) is 20.5 Å². The Hall–Kier alpha value is -1.95. The van der Waals surface area contributed by atoms with E-state index in [1.807, 2.05) is 0 Å². The molecule has 0 spiro atoms. The molecule has 3 heteroatoms. The van der Waals surface area contributed by atoms with E-state index in [-0.39, 0.29) is 0 Å². The number of rotatable bonds is 3. The minimum absolute atomic E-state index is 0.369. The smallest absolute Gasteiger partial charge is 0.157 e. The molecule has 14 heavy (non-hydrogen) atoms. The Kier molecular flexibility index (Phi) is 3.14. The van der Waals surface area contributed by atoms with Gasteiger partial charge in [-0.1, -0.05) is 5.92 Å². The summed E-state index contributed by atoms with van der Waals surface area (Å²) in [6, 6.07) is 3.23. The molecule has 0 amide bonds. The van der Waals surface area contributed by atoms with E-state index in [0.717, 1.165) is 0 Å². The lowest BCUT2D eigenvalue weighted by molar-refractivity contribution is 0.111. The monoisotopic (exact) mass is 190 g/mol. The molecule has 72 valence electrons. The molecule has 0 aliphatic rings. The van der Waals surface area contributed by atoms with Crippen molar-refractivity contribution in [1.29, 1.82) is 0 Å². The van der Waals surface area contributed by atoms with Crippen LogP contribution in [0.1, 0.15) is 15.9 Å². The van der Waals surface area contributed by atoms with Gasteiger partial charge in [0.2, 0.25) is 0 Å². The molecule has 0 heterocycles. The normalized spacial score (nSPS) is 8.93. The first-order valence-electron chi connectivity index (χ1n) is 3.94. The van der Waals surface area contributed by atoms with Crippen LogP contribution in [0.15, 0.2) is 12.1 Å². The first-order valence-corrected chi connectivity index (χ1v) is 3.94. The molecule has 1 aromatic rings. The highest BCUT2D eigenvalue weighted by molar-refractivity contribution is 5.84. The van der Waals surface area contributed by atoms with Gasteiger partial charge in [-0.2, -0.15) is 0 Å².